The van der Waals surface area contributed by atoms with Crippen LogP contribution in [0.3, 0.4) is 0 Å². The van der Waals surface area contributed by atoms with E-state index in [2.05, 4.69) is 10.1 Å². The zero-order valence-corrected chi connectivity index (χ0v) is 12.1. The number of hydrazine groups is 1. The first-order chi connectivity index (χ1) is 9.87. The van der Waals surface area contributed by atoms with E-state index in [1.54, 1.807) is 7.11 Å². The Morgan fingerprint density at radius 3 is 2.62 bits per heavy atom. The molecule has 0 aliphatic heterocycles. The fraction of sp³-hybridized carbons (Fsp3) is 0.455. The molecule has 21 heavy (non-hydrogen) atoms. The van der Waals surface area contributed by atoms with Gasteiger partial charge in [-0.15, -0.1) is 0 Å². The first-order valence-corrected chi connectivity index (χ1v) is 7.66. The molecule has 0 radical (unpaired) electrons. The first-order valence-electron chi connectivity index (χ1n) is 6.17. The van der Waals surface area contributed by atoms with Gasteiger partial charge in [0.2, 0.25) is 10.0 Å². The van der Waals surface area contributed by atoms with Crippen LogP contribution in [0.5, 0.6) is 0 Å². The van der Waals surface area contributed by atoms with Crippen molar-refractivity contribution in [3.63, 3.8) is 0 Å². The zero-order chi connectivity index (χ0) is 15.6. The van der Waals surface area contributed by atoms with E-state index in [4.69, 9.17) is 10.6 Å². The van der Waals surface area contributed by atoms with Gasteiger partial charge in [-0.1, -0.05) is 0 Å². The van der Waals surface area contributed by atoms with Gasteiger partial charge in [0.05, 0.1) is 16.7 Å². The van der Waals surface area contributed by atoms with E-state index in [-0.39, 0.29) is 17.8 Å². The Labute approximate surface area is 121 Å². The number of ether oxygens (including phenoxy) is 1. The first kappa shape index (κ1) is 15.6. The molecule has 1 aromatic carbocycles. The summed E-state index contributed by atoms with van der Waals surface area (Å²) in [7, 11) is -2.45. The zero-order valence-electron chi connectivity index (χ0n) is 11.3. The molecule has 1 fully saturated rings. The van der Waals surface area contributed by atoms with Gasteiger partial charge in [-0.2, -0.15) is 0 Å². The number of nitrogens with one attached hydrogen (secondary N) is 2. The Morgan fingerprint density at radius 1 is 1.43 bits per heavy atom. The van der Waals surface area contributed by atoms with Crippen LogP contribution in [0.4, 0.5) is 11.4 Å². The molecule has 9 nitrogen and oxygen atoms in total. The predicted molar refractivity (Wildman–Crippen MR) is 75.0 cm³/mol. The van der Waals surface area contributed by atoms with Gasteiger partial charge in [-0.05, 0) is 25.0 Å². The van der Waals surface area contributed by atoms with Crippen LogP contribution in [0.15, 0.2) is 23.1 Å². The van der Waals surface area contributed by atoms with Crippen molar-refractivity contribution in [1.82, 2.24) is 4.72 Å². The highest BCUT2D eigenvalue weighted by Gasteiger charge is 2.35. The minimum absolute atomic E-state index is 0.0183. The SMILES string of the molecule is COC1CC(NS(=O)(=O)c2cc(NN)ccc2[N+](=O)[O-])C1. The molecule has 0 unspecified atom stereocenters. The number of nitro groups is 1. The average Bonchev–Trinajstić information content (AvgIpc) is 2.41. The van der Waals surface area contributed by atoms with Crippen LogP contribution in [0.1, 0.15) is 12.8 Å². The van der Waals surface area contributed by atoms with Crippen LogP contribution >= 0.6 is 0 Å². The molecule has 0 atom stereocenters. The Balaban J connectivity index is 2.28. The molecule has 1 aliphatic carbocycles. The molecular weight excluding hydrogens is 300 g/mol. The minimum atomic E-state index is -4.00. The number of nitro benzene ring substituents is 1. The molecule has 0 saturated heterocycles. The average molecular weight is 316 g/mol. The summed E-state index contributed by atoms with van der Waals surface area (Å²) in [5, 5.41) is 11.0. The van der Waals surface area contributed by atoms with E-state index in [0.717, 1.165) is 12.1 Å². The van der Waals surface area contributed by atoms with Crippen molar-refractivity contribution in [2.75, 3.05) is 12.5 Å². The summed E-state index contributed by atoms with van der Waals surface area (Å²) in [5.74, 6) is 5.21. The Kier molecular flexibility index (Phi) is 4.42. The summed E-state index contributed by atoms with van der Waals surface area (Å²) in [4.78, 5) is 9.82. The number of sulfonamides is 1. The van der Waals surface area contributed by atoms with Gasteiger partial charge in [0, 0.05) is 19.2 Å². The predicted octanol–water partition coefficient (Wildman–Crippen LogP) is 0.336. The van der Waals surface area contributed by atoms with Crippen molar-refractivity contribution in [2.45, 2.75) is 29.9 Å². The standard InChI is InChI=1S/C11H16N4O5S/c1-20-9-4-8(5-9)14-21(18,19)11-6-7(13-12)2-3-10(11)15(16)17/h2-3,6,8-9,13-14H,4-5,12H2,1H3. The Morgan fingerprint density at radius 2 is 2.10 bits per heavy atom. The third-order valence-corrected chi connectivity index (χ3v) is 4.91. The molecule has 0 aromatic heterocycles. The van der Waals surface area contributed by atoms with Crippen LogP contribution in [0, 0.1) is 10.1 Å². The van der Waals surface area contributed by atoms with Crippen LogP contribution in [-0.4, -0.2) is 32.6 Å². The third-order valence-electron chi connectivity index (χ3n) is 3.36. The van der Waals surface area contributed by atoms with Crippen molar-refractivity contribution < 1.29 is 18.1 Å². The quantitative estimate of drug-likeness (QED) is 0.391. The summed E-state index contributed by atoms with van der Waals surface area (Å²) in [6.07, 6.45) is 1.10. The number of hydrogen-bond acceptors (Lipinski definition) is 7. The van der Waals surface area contributed by atoms with E-state index in [1.165, 1.54) is 6.07 Å². The second-order valence-electron chi connectivity index (χ2n) is 4.73. The van der Waals surface area contributed by atoms with E-state index >= 15 is 0 Å². The van der Waals surface area contributed by atoms with Crippen LogP contribution in [0.2, 0.25) is 0 Å². The number of rotatable bonds is 6. The highest BCUT2D eigenvalue weighted by atomic mass is 32.2. The molecule has 0 spiro atoms. The number of anilines is 1. The van der Waals surface area contributed by atoms with Crippen molar-refractivity contribution in [3.8, 4) is 0 Å². The molecular formula is C11H16N4O5S. The fourth-order valence-corrected chi connectivity index (χ4v) is 3.57. The van der Waals surface area contributed by atoms with Gasteiger partial charge in [-0.3, -0.25) is 16.0 Å². The highest BCUT2D eigenvalue weighted by Crippen LogP contribution is 2.29. The number of hydrogen-bond donors (Lipinski definition) is 3. The molecule has 0 heterocycles. The number of benzene rings is 1. The topological polar surface area (TPSA) is 137 Å². The highest BCUT2D eigenvalue weighted by molar-refractivity contribution is 7.89. The lowest BCUT2D eigenvalue weighted by Gasteiger charge is -2.34. The smallest absolute Gasteiger partial charge is 0.289 e. The maximum atomic E-state index is 12.3. The second-order valence-corrected chi connectivity index (χ2v) is 6.41. The fourth-order valence-electron chi connectivity index (χ4n) is 2.11. The largest absolute Gasteiger partial charge is 0.381 e. The number of nitrogens with two attached hydrogens (primary N) is 1. The maximum absolute atomic E-state index is 12.3. The lowest BCUT2D eigenvalue weighted by molar-refractivity contribution is -0.387. The van der Waals surface area contributed by atoms with Crippen LogP contribution in [0.25, 0.3) is 0 Å². The minimum Gasteiger partial charge on any atom is -0.381 e. The molecule has 0 amide bonds. The van der Waals surface area contributed by atoms with E-state index in [9.17, 15) is 18.5 Å². The molecule has 10 heteroatoms. The lowest BCUT2D eigenvalue weighted by atomic mass is 9.90. The monoisotopic (exact) mass is 316 g/mol. The summed E-state index contributed by atoms with van der Waals surface area (Å²) < 4.78 is 32.1. The van der Waals surface area contributed by atoms with Gasteiger partial charge in [0.15, 0.2) is 4.90 Å². The van der Waals surface area contributed by atoms with Gasteiger partial charge in [-0.25, -0.2) is 13.1 Å². The summed E-state index contributed by atoms with van der Waals surface area (Å²) >= 11 is 0. The van der Waals surface area contributed by atoms with Gasteiger partial charge in [0.1, 0.15) is 0 Å². The molecule has 2 rings (SSSR count). The summed E-state index contributed by atoms with van der Waals surface area (Å²) in [6.45, 7) is 0. The lowest BCUT2D eigenvalue weighted by Crippen LogP contribution is -2.47. The van der Waals surface area contributed by atoms with E-state index in [1.807, 2.05) is 0 Å². The molecule has 1 aliphatic rings. The van der Waals surface area contributed by atoms with Gasteiger partial charge < -0.3 is 10.2 Å². The Hall–Kier alpha value is -1.75. The van der Waals surface area contributed by atoms with Crippen molar-refractivity contribution in [2.24, 2.45) is 5.84 Å². The number of nitrogen functional groups attached to an aromatic ring is 1. The number of methoxy groups -OCH3 is 1. The van der Waals surface area contributed by atoms with E-state index < -0.39 is 25.5 Å². The van der Waals surface area contributed by atoms with Crippen molar-refractivity contribution in [1.29, 1.82) is 0 Å². The molecule has 0 bridgehead atoms. The number of nitrogens with zero attached hydrogens (tertiary/aromatic N) is 1. The van der Waals surface area contributed by atoms with Gasteiger partial charge in [0.25, 0.3) is 5.69 Å². The molecule has 1 saturated carbocycles. The van der Waals surface area contributed by atoms with Crippen molar-refractivity contribution >= 4 is 21.4 Å². The molecule has 1 aromatic rings. The maximum Gasteiger partial charge on any atom is 0.289 e. The Bertz CT molecular complexity index is 642. The normalized spacial score (nSPS) is 21.6. The van der Waals surface area contributed by atoms with Gasteiger partial charge >= 0.3 is 0 Å². The van der Waals surface area contributed by atoms with Crippen LogP contribution < -0.4 is 16.0 Å². The van der Waals surface area contributed by atoms with Crippen molar-refractivity contribution in [3.05, 3.63) is 28.3 Å². The second kappa shape index (κ2) is 5.93. The molecule has 4 N–H and O–H groups in total. The summed E-state index contributed by atoms with van der Waals surface area (Å²) in [6, 6.07) is 3.28. The van der Waals surface area contributed by atoms with Crippen LogP contribution in [-0.2, 0) is 14.8 Å². The molecule has 116 valence electrons. The summed E-state index contributed by atoms with van der Waals surface area (Å²) in [5.41, 5.74) is 2.04. The third kappa shape index (κ3) is 3.29. The van der Waals surface area contributed by atoms with E-state index in [0.29, 0.717) is 12.8 Å².